The molecule has 5 nitrogen and oxygen atoms in total. The molecule has 3 fully saturated rings. The molecule has 0 radical (unpaired) electrons. The quantitative estimate of drug-likeness (QED) is 0.546. The molecule has 2 aliphatic heterocycles. The van der Waals surface area contributed by atoms with Gasteiger partial charge in [-0.25, -0.2) is 0 Å². The molecule has 2 heterocycles. The van der Waals surface area contributed by atoms with Crippen molar-refractivity contribution in [2.75, 3.05) is 6.61 Å². The molecule has 1 spiro atoms. The van der Waals surface area contributed by atoms with E-state index in [1.165, 1.54) is 6.92 Å². The van der Waals surface area contributed by atoms with E-state index < -0.39 is 5.60 Å². The summed E-state index contributed by atoms with van der Waals surface area (Å²) in [6.07, 6.45) is 2.43. The normalized spacial score (nSPS) is 52.3. The van der Waals surface area contributed by atoms with Gasteiger partial charge in [-0.05, 0) is 25.0 Å². The van der Waals surface area contributed by atoms with Crippen LogP contribution in [0.15, 0.2) is 11.6 Å². The van der Waals surface area contributed by atoms with Gasteiger partial charge in [0.25, 0.3) is 0 Å². The molecule has 0 aromatic carbocycles. The van der Waals surface area contributed by atoms with E-state index in [0.29, 0.717) is 19.4 Å². The minimum absolute atomic E-state index is 0.129. The Bertz CT molecular complexity index is 604. The van der Waals surface area contributed by atoms with E-state index in [2.05, 4.69) is 13.8 Å². The number of epoxide rings is 1. The van der Waals surface area contributed by atoms with E-state index >= 15 is 0 Å². The van der Waals surface area contributed by atoms with Crippen molar-refractivity contribution in [1.29, 1.82) is 0 Å². The molecular formula is C17H22O5. The van der Waals surface area contributed by atoms with Crippen molar-refractivity contribution in [3.8, 4) is 0 Å². The molecule has 5 heteroatoms. The number of carbonyl (C=O) groups excluding carboxylic acids is 2. The number of rotatable bonds is 1. The summed E-state index contributed by atoms with van der Waals surface area (Å²) in [5.41, 5.74) is -0.203. The van der Waals surface area contributed by atoms with Gasteiger partial charge in [0.15, 0.2) is 5.78 Å². The zero-order chi connectivity index (χ0) is 15.9. The highest BCUT2D eigenvalue weighted by atomic mass is 16.7. The number of esters is 1. The summed E-state index contributed by atoms with van der Waals surface area (Å²) in [6, 6.07) is 0. The van der Waals surface area contributed by atoms with Crippen molar-refractivity contribution in [2.45, 2.75) is 64.4 Å². The Morgan fingerprint density at radius 3 is 2.68 bits per heavy atom. The van der Waals surface area contributed by atoms with E-state index in [9.17, 15) is 9.59 Å². The molecule has 6 atom stereocenters. The number of hydrogen-bond acceptors (Lipinski definition) is 5. The van der Waals surface area contributed by atoms with Crippen molar-refractivity contribution in [3.63, 3.8) is 0 Å². The van der Waals surface area contributed by atoms with Crippen molar-refractivity contribution in [2.24, 2.45) is 10.8 Å². The van der Waals surface area contributed by atoms with Crippen molar-refractivity contribution < 1.29 is 23.8 Å². The molecule has 4 aliphatic rings. The molecule has 22 heavy (non-hydrogen) atoms. The summed E-state index contributed by atoms with van der Waals surface area (Å²) in [5, 5.41) is 0. The smallest absolute Gasteiger partial charge is 0.302 e. The standard InChI is InChI=1S/C17H22O5/c1-9-5-13-15(3,6-11(9)19)16(4)7-12(21-10(2)18)14(22-13)17(16)8-20-17/h5,12-14H,6-8H2,1-4H3/t12-,13-,14-,15+,16-,17-/m0/s1. The zero-order valence-corrected chi connectivity index (χ0v) is 13.5. The van der Waals surface area contributed by atoms with Crippen LogP contribution in [0.4, 0.5) is 0 Å². The van der Waals surface area contributed by atoms with E-state index in [1.54, 1.807) is 0 Å². The van der Waals surface area contributed by atoms with Gasteiger partial charge in [0, 0.05) is 24.2 Å². The molecule has 0 unspecified atom stereocenters. The average molecular weight is 306 g/mol. The zero-order valence-electron chi connectivity index (χ0n) is 13.5. The molecule has 120 valence electrons. The maximum absolute atomic E-state index is 12.3. The fraction of sp³-hybridized carbons (Fsp3) is 0.765. The summed E-state index contributed by atoms with van der Waals surface area (Å²) in [6.45, 7) is 8.18. The molecule has 2 saturated heterocycles. The minimum atomic E-state index is -0.405. The molecule has 4 rings (SSSR count). The average Bonchev–Trinajstić information content (AvgIpc) is 3.16. The lowest BCUT2D eigenvalue weighted by Crippen LogP contribution is -2.62. The monoisotopic (exact) mass is 306 g/mol. The van der Waals surface area contributed by atoms with Crippen LogP contribution in [0, 0.1) is 10.8 Å². The Balaban J connectivity index is 1.80. The Labute approximate surface area is 130 Å². The lowest BCUT2D eigenvalue weighted by Gasteiger charge is -2.55. The second-order valence-corrected chi connectivity index (χ2v) is 7.71. The van der Waals surface area contributed by atoms with Gasteiger partial charge in [0.05, 0.1) is 12.7 Å². The number of fused-ring (bicyclic) bond motifs is 2. The van der Waals surface area contributed by atoms with Gasteiger partial charge >= 0.3 is 5.97 Å². The van der Waals surface area contributed by atoms with Crippen LogP contribution in [0.25, 0.3) is 0 Å². The SMILES string of the molecule is CC(=O)O[C@H]1C[C@]2(C)[C@]3(CO3)[C@H]1O[C@H]1C=C(C)C(=O)C[C@]12C. The van der Waals surface area contributed by atoms with Crippen LogP contribution in [0.1, 0.15) is 40.5 Å². The molecule has 2 aliphatic carbocycles. The van der Waals surface area contributed by atoms with Gasteiger partial charge in [-0.3, -0.25) is 9.59 Å². The Hall–Kier alpha value is -1.20. The molecule has 0 aromatic rings. The first-order valence-electron chi connectivity index (χ1n) is 7.92. The third-order valence-electron chi connectivity index (χ3n) is 6.66. The second kappa shape index (κ2) is 4.01. The molecule has 2 bridgehead atoms. The molecule has 0 aromatic heterocycles. The lowest BCUT2D eigenvalue weighted by molar-refractivity contribution is -0.200. The molecule has 0 amide bonds. The van der Waals surface area contributed by atoms with Crippen molar-refractivity contribution >= 4 is 11.8 Å². The maximum atomic E-state index is 12.3. The van der Waals surface area contributed by atoms with Gasteiger partial charge in [-0.1, -0.05) is 13.8 Å². The first-order chi connectivity index (χ1) is 10.2. The second-order valence-electron chi connectivity index (χ2n) is 7.71. The maximum Gasteiger partial charge on any atom is 0.302 e. The van der Waals surface area contributed by atoms with Gasteiger partial charge < -0.3 is 14.2 Å². The van der Waals surface area contributed by atoms with Gasteiger partial charge in [-0.2, -0.15) is 0 Å². The van der Waals surface area contributed by atoms with Crippen molar-refractivity contribution in [1.82, 2.24) is 0 Å². The minimum Gasteiger partial charge on any atom is -0.460 e. The highest BCUT2D eigenvalue weighted by Crippen LogP contribution is 2.71. The van der Waals surface area contributed by atoms with E-state index in [1.807, 2.05) is 13.0 Å². The summed E-state index contributed by atoms with van der Waals surface area (Å²) in [7, 11) is 0. The fourth-order valence-corrected chi connectivity index (χ4v) is 5.02. The van der Waals surface area contributed by atoms with Gasteiger partial charge in [0.1, 0.15) is 17.8 Å². The third kappa shape index (κ3) is 1.46. The number of carbonyl (C=O) groups is 2. The number of ketones is 1. The Kier molecular flexibility index (Phi) is 2.62. The highest BCUT2D eigenvalue weighted by molar-refractivity contribution is 5.96. The van der Waals surface area contributed by atoms with Crippen LogP contribution >= 0.6 is 0 Å². The summed E-state index contributed by atoms with van der Waals surface area (Å²) in [4.78, 5) is 23.8. The Morgan fingerprint density at radius 1 is 1.41 bits per heavy atom. The van der Waals surface area contributed by atoms with Crippen LogP contribution in [-0.4, -0.2) is 42.3 Å². The van der Waals surface area contributed by atoms with E-state index in [-0.39, 0.29) is 40.9 Å². The molecule has 0 N–H and O–H groups in total. The van der Waals surface area contributed by atoms with E-state index in [4.69, 9.17) is 14.2 Å². The summed E-state index contributed by atoms with van der Waals surface area (Å²) < 4.78 is 17.7. The Morgan fingerprint density at radius 2 is 2.09 bits per heavy atom. The largest absolute Gasteiger partial charge is 0.460 e. The third-order valence-corrected chi connectivity index (χ3v) is 6.66. The number of Topliss-reactive ketones (excluding diaryl/α,β-unsaturated/α-hetero) is 1. The van der Waals surface area contributed by atoms with Crippen LogP contribution in [0.3, 0.4) is 0 Å². The lowest BCUT2D eigenvalue weighted by atomic mass is 9.52. The summed E-state index contributed by atoms with van der Waals surface area (Å²) >= 11 is 0. The van der Waals surface area contributed by atoms with Crippen LogP contribution < -0.4 is 0 Å². The summed E-state index contributed by atoms with van der Waals surface area (Å²) in [5.74, 6) is -0.120. The first-order valence-corrected chi connectivity index (χ1v) is 7.92. The highest BCUT2D eigenvalue weighted by Gasteiger charge is 2.81. The fourth-order valence-electron chi connectivity index (χ4n) is 5.02. The van der Waals surface area contributed by atoms with E-state index in [0.717, 1.165) is 5.57 Å². The number of hydrogen-bond donors (Lipinski definition) is 0. The van der Waals surface area contributed by atoms with Crippen LogP contribution in [0.5, 0.6) is 0 Å². The number of allylic oxidation sites excluding steroid dienone is 1. The predicted octanol–water partition coefficient (Wildman–Crippen LogP) is 1.79. The van der Waals surface area contributed by atoms with Crippen LogP contribution in [0.2, 0.25) is 0 Å². The molecule has 1 saturated carbocycles. The number of ether oxygens (including phenoxy) is 3. The van der Waals surface area contributed by atoms with Crippen LogP contribution in [-0.2, 0) is 23.8 Å². The topological polar surface area (TPSA) is 65.1 Å². The molecular weight excluding hydrogens is 284 g/mol. The van der Waals surface area contributed by atoms with Crippen molar-refractivity contribution in [3.05, 3.63) is 11.6 Å². The predicted molar refractivity (Wildman–Crippen MR) is 77.1 cm³/mol. The van der Waals surface area contributed by atoms with Gasteiger partial charge in [-0.15, -0.1) is 0 Å². The van der Waals surface area contributed by atoms with Gasteiger partial charge in [0.2, 0.25) is 0 Å². The first kappa shape index (κ1) is 14.4.